The van der Waals surface area contributed by atoms with E-state index in [1.807, 2.05) is 6.92 Å². The van der Waals surface area contributed by atoms with Crippen molar-refractivity contribution in [1.82, 2.24) is 15.7 Å². The van der Waals surface area contributed by atoms with E-state index in [1.54, 1.807) is 30.2 Å². The summed E-state index contributed by atoms with van der Waals surface area (Å²) in [7, 11) is 0. The molecule has 0 saturated carbocycles. The molecule has 0 amide bonds. The highest BCUT2D eigenvalue weighted by molar-refractivity contribution is 6.42. The van der Waals surface area contributed by atoms with Crippen LogP contribution in [0.2, 0.25) is 10.0 Å². The third-order valence-electron chi connectivity index (χ3n) is 4.09. The van der Waals surface area contributed by atoms with E-state index in [0.29, 0.717) is 40.4 Å². The lowest BCUT2D eigenvalue weighted by atomic mass is 9.83. The van der Waals surface area contributed by atoms with Gasteiger partial charge in [-0.3, -0.25) is 10.2 Å². The van der Waals surface area contributed by atoms with E-state index in [1.165, 1.54) is 0 Å². The molecular weight excluding hydrogens is 353 g/mol. The summed E-state index contributed by atoms with van der Waals surface area (Å²) in [6, 6.07) is 5.23. The number of rotatable bonds is 3. The van der Waals surface area contributed by atoms with E-state index in [4.69, 9.17) is 28.0 Å². The number of nitrogens with one attached hydrogen (secondary N) is 2. The number of benzene rings is 1. The maximum Gasteiger partial charge on any atom is 0.334 e. The van der Waals surface area contributed by atoms with Gasteiger partial charge in [0.05, 0.1) is 33.9 Å². The summed E-state index contributed by atoms with van der Waals surface area (Å²) in [5.74, 6) is -1.60. The van der Waals surface area contributed by atoms with Gasteiger partial charge in [0, 0.05) is 11.4 Å². The average molecular weight is 370 g/mol. The number of carboxylic acids is 1. The Balaban J connectivity index is 2.21. The number of hydrogen-bond donors (Lipinski definition) is 3. The average Bonchev–Trinajstić information content (AvgIpc) is 3.02. The van der Waals surface area contributed by atoms with Crippen molar-refractivity contribution in [3.8, 4) is 0 Å². The van der Waals surface area contributed by atoms with Gasteiger partial charge in [0.1, 0.15) is 6.73 Å². The predicted molar refractivity (Wildman–Crippen MR) is 91.2 cm³/mol. The van der Waals surface area contributed by atoms with E-state index >= 15 is 0 Å². The number of hydrogen-bond acceptors (Lipinski definition) is 5. The second-order valence-electron chi connectivity index (χ2n) is 5.62. The molecule has 1 saturated heterocycles. The first-order valence-corrected chi connectivity index (χ1v) is 8.14. The molecule has 2 aliphatic heterocycles. The second kappa shape index (κ2) is 6.64. The van der Waals surface area contributed by atoms with Crippen LogP contribution in [-0.2, 0) is 9.63 Å². The quantitative estimate of drug-likeness (QED) is 0.760. The molecule has 2 aliphatic rings. The fourth-order valence-corrected chi connectivity index (χ4v) is 3.53. The van der Waals surface area contributed by atoms with Crippen LogP contribution in [-0.4, -0.2) is 29.5 Å². The highest BCUT2D eigenvalue weighted by Gasteiger charge is 2.38. The summed E-state index contributed by atoms with van der Waals surface area (Å²) in [5.41, 5.74) is 2.92. The van der Waals surface area contributed by atoms with Crippen LogP contribution in [0.3, 0.4) is 0 Å². The minimum absolute atomic E-state index is 0.218. The van der Waals surface area contributed by atoms with Gasteiger partial charge in [0.15, 0.2) is 0 Å². The summed E-state index contributed by atoms with van der Waals surface area (Å²) in [5, 5.41) is 18.3. The van der Waals surface area contributed by atoms with Crippen LogP contribution in [0.15, 0.2) is 40.9 Å². The van der Waals surface area contributed by atoms with Crippen molar-refractivity contribution in [3.63, 3.8) is 0 Å². The molecule has 3 N–H and O–H groups in total. The van der Waals surface area contributed by atoms with Gasteiger partial charge >= 0.3 is 5.97 Å². The van der Waals surface area contributed by atoms with Gasteiger partial charge in [0.25, 0.3) is 0 Å². The van der Waals surface area contributed by atoms with E-state index in [2.05, 4.69) is 10.6 Å². The molecule has 128 valence electrons. The van der Waals surface area contributed by atoms with Crippen LogP contribution in [0.4, 0.5) is 0 Å². The zero-order valence-corrected chi connectivity index (χ0v) is 14.7. The lowest BCUT2D eigenvalue weighted by molar-refractivity contribution is -0.133. The number of dihydropyridines is 1. The molecule has 8 heteroatoms. The standard InChI is InChI=1S/C16H17Cl2N3O3/c1-8-12(16(22)23)13(10-4-3-5-11(17)14(10)18)15(9(2)20-8)21-6-19-7-24-21/h3-5,13,19-20H,6-7H2,1-2H3,(H,22,23). The number of hydroxylamine groups is 2. The molecular formula is C16H17Cl2N3O3. The highest BCUT2D eigenvalue weighted by atomic mass is 35.5. The minimum atomic E-state index is -1.02. The van der Waals surface area contributed by atoms with E-state index in [0.717, 1.165) is 5.70 Å². The highest BCUT2D eigenvalue weighted by Crippen LogP contribution is 2.44. The SMILES string of the molecule is CC1=C(C(=O)O)C(c2cccc(Cl)c2Cl)C(N2CNCO2)=C(C)N1. The Bertz CT molecular complexity index is 755. The van der Waals surface area contributed by atoms with Crippen molar-refractivity contribution in [3.05, 3.63) is 56.5 Å². The Morgan fingerprint density at radius 2 is 2.08 bits per heavy atom. The third kappa shape index (κ3) is 2.86. The van der Waals surface area contributed by atoms with E-state index in [9.17, 15) is 9.90 Å². The molecule has 1 aromatic rings. The molecule has 0 aromatic heterocycles. The Hall–Kier alpha value is -1.73. The molecule has 1 aromatic carbocycles. The van der Waals surface area contributed by atoms with Crippen molar-refractivity contribution in [2.45, 2.75) is 19.8 Å². The zero-order valence-electron chi connectivity index (χ0n) is 13.2. The van der Waals surface area contributed by atoms with Gasteiger partial charge in [0.2, 0.25) is 0 Å². The predicted octanol–water partition coefficient (Wildman–Crippen LogP) is 3.02. The second-order valence-corrected chi connectivity index (χ2v) is 6.40. The molecule has 1 fully saturated rings. The van der Waals surface area contributed by atoms with Gasteiger partial charge in [-0.25, -0.2) is 9.86 Å². The van der Waals surface area contributed by atoms with Crippen molar-refractivity contribution >= 4 is 29.2 Å². The number of allylic oxidation sites excluding steroid dienone is 3. The van der Waals surface area contributed by atoms with E-state index < -0.39 is 11.9 Å². The first-order valence-electron chi connectivity index (χ1n) is 7.38. The monoisotopic (exact) mass is 369 g/mol. The lowest BCUT2D eigenvalue weighted by Crippen LogP contribution is -2.35. The van der Waals surface area contributed by atoms with Crippen molar-refractivity contribution in [1.29, 1.82) is 0 Å². The van der Waals surface area contributed by atoms with Crippen molar-refractivity contribution in [2.75, 3.05) is 13.4 Å². The maximum absolute atomic E-state index is 11.9. The lowest BCUT2D eigenvalue weighted by Gasteiger charge is -2.35. The summed E-state index contributed by atoms with van der Waals surface area (Å²) in [6.45, 7) is 4.43. The van der Waals surface area contributed by atoms with Crippen molar-refractivity contribution < 1.29 is 14.7 Å². The third-order valence-corrected chi connectivity index (χ3v) is 4.93. The van der Waals surface area contributed by atoms with Gasteiger partial charge in [-0.2, -0.15) is 0 Å². The molecule has 6 nitrogen and oxygen atoms in total. The summed E-state index contributed by atoms with van der Waals surface area (Å²) >= 11 is 12.6. The summed E-state index contributed by atoms with van der Waals surface area (Å²) in [6.07, 6.45) is 0. The van der Waals surface area contributed by atoms with Crippen LogP contribution in [0.5, 0.6) is 0 Å². The Morgan fingerprint density at radius 1 is 1.33 bits per heavy atom. The van der Waals surface area contributed by atoms with Gasteiger partial charge in [-0.15, -0.1) is 0 Å². The first kappa shape index (κ1) is 17.1. The number of aliphatic carboxylic acids is 1. The van der Waals surface area contributed by atoms with E-state index in [-0.39, 0.29) is 5.57 Å². The largest absolute Gasteiger partial charge is 0.478 e. The number of nitrogens with zero attached hydrogens (tertiary/aromatic N) is 1. The topological polar surface area (TPSA) is 73.8 Å². The fourth-order valence-electron chi connectivity index (χ4n) is 3.11. The molecule has 0 spiro atoms. The smallest absolute Gasteiger partial charge is 0.334 e. The Labute approximate surface area is 149 Å². The normalized spacial score (nSPS) is 21.3. The number of carbonyl (C=O) groups is 1. The van der Waals surface area contributed by atoms with Crippen LogP contribution in [0.1, 0.15) is 25.3 Å². The van der Waals surface area contributed by atoms with Gasteiger partial charge < -0.3 is 10.4 Å². The van der Waals surface area contributed by atoms with Crippen LogP contribution < -0.4 is 10.6 Å². The van der Waals surface area contributed by atoms with Crippen LogP contribution in [0.25, 0.3) is 0 Å². The maximum atomic E-state index is 11.9. The summed E-state index contributed by atoms with van der Waals surface area (Å²) < 4.78 is 0. The minimum Gasteiger partial charge on any atom is -0.478 e. The Kier molecular flexibility index (Phi) is 4.73. The molecule has 1 unspecified atom stereocenters. The number of carboxylic acid groups (broad SMARTS) is 1. The molecule has 0 radical (unpaired) electrons. The molecule has 24 heavy (non-hydrogen) atoms. The van der Waals surface area contributed by atoms with Gasteiger partial charge in [-0.05, 0) is 25.5 Å². The summed E-state index contributed by atoms with van der Waals surface area (Å²) in [4.78, 5) is 17.5. The van der Waals surface area contributed by atoms with Crippen LogP contribution in [0, 0.1) is 0 Å². The molecule has 0 bridgehead atoms. The first-order chi connectivity index (χ1) is 11.4. The van der Waals surface area contributed by atoms with Crippen molar-refractivity contribution in [2.24, 2.45) is 0 Å². The fraction of sp³-hybridized carbons (Fsp3) is 0.312. The van der Waals surface area contributed by atoms with Gasteiger partial charge in [-0.1, -0.05) is 35.3 Å². The molecule has 3 rings (SSSR count). The molecule has 0 aliphatic carbocycles. The molecule has 2 heterocycles. The number of halogens is 2. The Morgan fingerprint density at radius 3 is 2.71 bits per heavy atom. The molecule has 1 atom stereocenters. The van der Waals surface area contributed by atoms with Crippen LogP contribution >= 0.6 is 23.2 Å². The zero-order chi connectivity index (χ0) is 17.4.